The van der Waals surface area contributed by atoms with Crippen LogP contribution in [0.5, 0.6) is 0 Å². The van der Waals surface area contributed by atoms with Crippen molar-refractivity contribution in [3.8, 4) is 0 Å². The molecule has 0 atom stereocenters. The van der Waals surface area contributed by atoms with E-state index >= 15 is 0 Å². The molecule has 3 aromatic rings. The van der Waals surface area contributed by atoms with Crippen LogP contribution in [0.2, 0.25) is 0 Å². The predicted octanol–water partition coefficient (Wildman–Crippen LogP) is 3.47. The molecule has 0 radical (unpaired) electrons. The van der Waals surface area contributed by atoms with Crippen molar-refractivity contribution in [3.63, 3.8) is 0 Å². The average molecular weight is 268 g/mol. The van der Waals surface area contributed by atoms with Gasteiger partial charge >= 0.3 is 5.97 Å². The van der Waals surface area contributed by atoms with Crippen molar-refractivity contribution >= 4 is 27.9 Å². The number of hydrogen-bond acceptors (Lipinski definition) is 2. The van der Waals surface area contributed by atoms with Crippen LogP contribution in [-0.2, 0) is 10.2 Å². The van der Waals surface area contributed by atoms with Crippen molar-refractivity contribution in [1.29, 1.82) is 0 Å². The molecule has 2 N–H and O–H groups in total. The Morgan fingerprint density at radius 1 is 1.30 bits per heavy atom. The summed E-state index contributed by atoms with van der Waals surface area (Å²) in [5, 5.41) is 11.2. The number of aromatic amines is 1. The van der Waals surface area contributed by atoms with E-state index in [2.05, 4.69) is 16.0 Å². The van der Waals surface area contributed by atoms with E-state index in [0.29, 0.717) is 0 Å². The van der Waals surface area contributed by atoms with E-state index in [0.717, 1.165) is 27.5 Å². The molecule has 0 aliphatic carbocycles. The second-order valence-electron chi connectivity index (χ2n) is 5.74. The smallest absolute Gasteiger partial charge is 0.304 e. The van der Waals surface area contributed by atoms with Gasteiger partial charge in [0.15, 0.2) is 0 Å². The lowest BCUT2D eigenvalue weighted by atomic mass is 9.81. The van der Waals surface area contributed by atoms with Gasteiger partial charge in [0, 0.05) is 27.9 Å². The zero-order valence-electron chi connectivity index (χ0n) is 11.5. The molecule has 1 aromatic carbocycles. The lowest BCUT2D eigenvalue weighted by molar-refractivity contribution is -0.138. The number of carbonyl (C=O) groups is 1. The zero-order chi connectivity index (χ0) is 14.3. The van der Waals surface area contributed by atoms with Crippen molar-refractivity contribution in [1.82, 2.24) is 9.97 Å². The number of nitrogens with one attached hydrogen (secondary N) is 1. The monoisotopic (exact) mass is 268 g/mol. The number of carboxylic acid groups (broad SMARTS) is 1. The van der Waals surface area contributed by atoms with Crippen LogP contribution >= 0.6 is 0 Å². The van der Waals surface area contributed by atoms with E-state index < -0.39 is 11.4 Å². The van der Waals surface area contributed by atoms with Gasteiger partial charge in [-0.3, -0.25) is 4.79 Å². The molecule has 0 fully saturated rings. The lowest BCUT2D eigenvalue weighted by Gasteiger charge is -2.23. The Kier molecular flexibility index (Phi) is 2.74. The van der Waals surface area contributed by atoms with Crippen LogP contribution in [0.3, 0.4) is 0 Å². The Balaban J connectivity index is 2.19. The summed E-state index contributed by atoms with van der Waals surface area (Å²) in [4.78, 5) is 18.6. The maximum absolute atomic E-state index is 11.0. The second kappa shape index (κ2) is 4.34. The summed E-state index contributed by atoms with van der Waals surface area (Å²) in [7, 11) is 0. The second-order valence-corrected chi connectivity index (χ2v) is 5.74. The van der Waals surface area contributed by atoms with Crippen molar-refractivity contribution in [3.05, 3.63) is 42.1 Å². The molecule has 4 nitrogen and oxygen atoms in total. The predicted molar refractivity (Wildman–Crippen MR) is 78.9 cm³/mol. The highest BCUT2D eigenvalue weighted by molar-refractivity contribution is 6.06. The third-order valence-corrected chi connectivity index (χ3v) is 3.75. The Bertz CT molecular complexity index is 802. The number of H-pyrrole nitrogens is 1. The van der Waals surface area contributed by atoms with E-state index in [1.54, 1.807) is 6.20 Å². The number of nitrogens with zero attached hydrogens (tertiary/aromatic N) is 1. The van der Waals surface area contributed by atoms with E-state index in [9.17, 15) is 4.79 Å². The van der Waals surface area contributed by atoms with Gasteiger partial charge in [-0.1, -0.05) is 19.9 Å². The molecule has 2 heterocycles. The van der Waals surface area contributed by atoms with Crippen molar-refractivity contribution in [2.24, 2.45) is 0 Å². The molecule has 0 aliphatic heterocycles. The van der Waals surface area contributed by atoms with Gasteiger partial charge in [0.2, 0.25) is 0 Å². The zero-order valence-corrected chi connectivity index (χ0v) is 11.5. The summed E-state index contributed by atoms with van der Waals surface area (Å²) in [6, 6.07) is 9.98. The van der Waals surface area contributed by atoms with E-state index in [1.165, 1.54) is 0 Å². The summed E-state index contributed by atoms with van der Waals surface area (Å²) in [6.45, 7) is 3.91. The summed E-state index contributed by atoms with van der Waals surface area (Å²) >= 11 is 0. The molecule has 0 amide bonds. The minimum absolute atomic E-state index is 0.110. The van der Waals surface area contributed by atoms with Crippen LogP contribution in [-0.4, -0.2) is 21.0 Å². The number of fused-ring (bicyclic) bond motifs is 3. The molecule has 0 bridgehead atoms. The fourth-order valence-corrected chi connectivity index (χ4v) is 2.63. The van der Waals surface area contributed by atoms with Gasteiger partial charge in [-0.15, -0.1) is 0 Å². The molecule has 20 heavy (non-hydrogen) atoms. The van der Waals surface area contributed by atoms with Crippen LogP contribution in [0.1, 0.15) is 25.8 Å². The minimum Gasteiger partial charge on any atom is -0.481 e. The van der Waals surface area contributed by atoms with Crippen molar-refractivity contribution < 1.29 is 9.90 Å². The molecule has 0 spiro atoms. The molecule has 0 unspecified atom stereocenters. The third-order valence-electron chi connectivity index (χ3n) is 3.75. The Hall–Kier alpha value is -2.36. The maximum atomic E-state index is 11.0. The third kappa shape index (κ3) is 2.03. The summed E-state index contributed by atoms with van der Waals surface area (Å²) in [6.07, 6.45) is 1.87. The molecule has 0 saturated heterocycles. The van der Waals surface area contributed by atoms with Crippen molar-refractivity contribution in [2.45, 2.75) is 25.7 Å². The van der Waals surface area contributed by atoms with Crippen LogP contribution in [0.15, 0.2) is 36.5 Å². The van der Waals surface area contributed by atoms with Crippen LogP contribution in [0.25, 0.3) is 21.9 Å². The number of hydrogen-bond donors (Lipinski definition) is 2. The first kappa shape index (κ1) is 12.7. The number of aromatic nitrogens is 2. The quantitative estimate of drug-likeness (QED) is 0.764. The molecule has 0 saturated carbocycles. The highest BCUT2D eigenvalue weighted by Gasteiger charge is 2.24. The van der Waals surface area contributed by atoms with Gasteiger partial charge in [-0.05, 0) is 29.8 Å². The molecule has 2 aromatic heterocycles. The van der Waals surface area contributed by atoms with Gasteiger partial charge in [0.05, 0.1) is 6.42 Å². The first-order valence-corrected chi connectivity index (χ1v) is 6.56. The first-order valence-electron chi connectivity index (χ1n) is 6.56. The molecule has 3 rings (SSSR count). The highest BCUT2D eigenvalue weighted by Crippen LogP contribution is 2.32. The van der Waals surface area contributed by atoms with Gasteiger partial charge in [0.25, 0.3) is 0 Å². The summed E-state index contributed by atoms with van der Waals surface area (Å²) < 4.78 is 0. The largest absolute Gasteiger partial charge is 0.481 e. The average Bonchev–Trinajstić information content (AvgIpc) is 2.74. The number of rotatable bonds is 3. The minimum atomic E-state index is -0.782. The van der Waals surface area contributed by atoms with E-state index in [4.69, 9.17) is 5.11 Å². The Morgan fingerprint density at radius 3 is 2.85 bits per heavy atom. The lowest BCUT2D eigenvalue weighted by Crippen LogP contribution is -2.21. The van der Waals surface area contributed by atoms with E-state index in [1.807, 2.05) is 38.1 Å². The fourth-order valence-electron chi connectivity index (χ4n) is 2.63. The maximum Gasteiger partial charge on any atom is 0.304 e. The van der Waals surface area contributed by atoms with Gasteiger partial charge in [-0.25, -0.2) is 4.98 Å². The van der Waals surface area contributed by atoms with Crippen LogP contribution in [0.4, 0.5) is 0 Å². The molecule has 0 aliphatic rings. The molecule has 4 heteroatoms. The Morgan fingerprint density at radius 2 is 2.10 bits per heavy atom. The number of carboxylic acids is 1. The number of benzene rings is 1. The summed E-state index contributed by atoms with van der Waals surface area (Å²) in [5.41, 5.74) is 2.51. The van der Waals surface area contributed by atoms with Gasteiger partial charge < -0.3 is 10.1 Å². The molecule has 102 valence electrons. The normalized spacial score (nSPS) is 12.1. The van der Waals surface area contributed by atoms with Gasteiger partial charge in [0.1, 0.15) is 5.65 Å². The topological polar surface area (TPSA) is 66.0 Å². The highest BCUT2D eigenvalue weighted by atomic mass is 16.4. The Labute approximate surface area is 116 Å². The number of aliphatic carboxylic acids is 1. The standard InChI is InChI=1S/C16H16N2O2/c1-16(2,9-14(19)20)10-5-6-13-12(8-10)11-4-3-7-17-15(11)18-13/h3-8H,9H2,1-2H3,(H,17,18)(H,19,20). The number of pyridine rings is 1. The van der Waals surface area contributed by atoms with Crippen LogP contribution in [0, 0.1) is 0 Å². The molecular weight excluding hydrogens is 252 g/mol. The van der Waals surface area contributed by atoms with E-state index in [-0.39, 0.29) is 6.42 Å². The van der Waals surface area contributed by atoms with Gasteiger partial charge in [-0.2, -0.15) is 0 Å². The van der Waals surface area contributed by atoms with Crippen molar-refractivity contribution in [2.75, 3.05) is 0 Å². The van der Waals surface area contributed by atoms with Crippen LogP contribution < -0.4 is 0 Å². The summed E-state index contributed by atoms with van der Waals surface area (Å²) in [5.74, 6) is -0.782. The fraction of sp³-hybridized carbons (Fsp3) is 0.250. The molecular formula is C16H16N2O2. The SMILES string of the molecule is CC(C)(CC(=O)O)c1ccc2[nH]c3ncccc3c2c1. The first-order chi connectivity index (χ1) is 9.47.